The average Bonchev–Trinajstić information content (AvgIpc) is 1.89. The van der Waals surface area contributed by atoms with Gasteiger partial charge in [0, 0.05) is 12.8 Å². The number of rotatable bonds is 5. The van der Waals surface area contributed by atoms with Gasteiger partial charge in [0.25, 0.3) is 0 Å². The number of ether oxygens (including phenoxy) is 1. The summed E-state index contributed by atoms with van der Waals surface area (Å²) in [7, 11) is 0. The van der Waals surface area contributed by atoms with Crippen LogP contribution in [0.2, 0.25) is 0 Å². The van der Waals surface area contributed by atoms with Gasteiger partial charge in [0.15, 0.2) is 0 Å². The molecule has 0 saturated carbocycles. The van der Waals surface area contributed by atoms with Crippen molar-refractivity contribution in [2.45, 2.75) is 13.8 Å². The van der Waals surface area contributed by atoms with E-state index >= 15 is 0 Å². The van der Waals surface area contributed by atoms with Gasteiger partial charge in [-0.3, -0.25) is 0 Å². The first kappa shape index (κ1) is 8.43. The van der Waals surface area contributed by atoms with Gasteiger partial charge < -0.3 is 9.57 Å². The van der Waals surface area contributed by atoms with Crippen LogP contribution in [0.4, 0.5) is 0 Å². The minimum Gasteiger partial charge on any atom is -0.394 e. The van der Waals surface area contributed by atoms with Crippen LogP contribution in [-0.2, 0) is 9.57 Å². The lowest BCUT2D eigenvalue weighted by Gasteiger charge is -1.97. The summed E-state index contributed by atoms with van der Waals surface area (Å²) in [6, 6.07) is 0. The van der Waals surface area contributed by atoms with Crippen LogP contribution in [-0.4, -0.2) is 26.0 Å². The highest BCUT2D eigenvalue weighted by Gasteiger charge is 1.81. The molecule has 9 heavy (non-hydrogen) atoms. The van der Waals surface area contributed by atoms with E-state index in [2.05, 4.69) is 5.16 Å². The fourth-order valence-corrected chi connectivity index (χ4v) is 0.368. The number of hydrogen-bond acceptors (Lipinski definition) is 3. The van der Waals surface area contributed by atoms with Crippen molar-refractivity contribution in [1.82, 2.24) is 0 Å². The van der Waals surface area contributed by atoms with Crippen LogP contribution in [0.3, 0.4) is 0 Å². The Morgan fingerprint density at radius 3 is 2.78 bits per heavy atom. The van der Waals surface area contributed by atoms with Crippen LogP contribution in [0.15, 0.2) is 5.16 Å². The van der Waals surface area contributed by atoms with Crippen molar-refractivity contribution < 1.29 is 9.57 Å². The monoisotopic (exact) mass is 131 g/mol. The van der Waals surface area contributed by atoms with Gasteiger partial charge in [0.1, 0.15) is 6.61 Å². The van der Waals surface area contributed by atoms with E-state index in [4.69, 9.17) is 9.57 Å². The van der Waals surface area contributed by atoms with E-state index in [0.29, 0.717) is 13.2 Å². The van der Waals surface area contributed by atoms with Crippen LogP contribution in [0, 0.1) is 0 Å². The topological polar surface area (TPSA) is 30.8 Å². The Bertz CT molecular complexity index is 73.5. The van der Waals surface area contributed by atoms with E-state index < -0.39 is 0 Å². The molecule has 3 nitrogen and oxygen atoms in total. The van der Waals surface area contributed by atoms with Gasteiger partial charge in [-0.1, -0.05) is 5.16 Å². The van der Waals surface area contributed by atoms with E-state index in [9.17, 15) is 0 Å². The second-order valence-electron chi connectivity index (χ2n) is 1.39. The first-order valence-electron chi connectivity index (χ1n) is 3.09. The van der Waals surface area contributed by atoms with Crippen LogP contribution in [0.5, 0.6) is 0 Å². The Morgan fingerprint density at radius 1 is 1.44 bits per heavy atom. The fourth-order valence-electron chi connectivity index (χ4n) is 0.368. The van der Waals surface area contributed by atoms with Crippen molar-refractivity contribution in [3.8, 4) is 0 Å². The Balaban J connectivity index is 2.75. The van der Waals surface area contributed by atoms with E-state index in [-0.39, 0.29) is 0 Å². The molecule has 0 aromatic carbocycles. The third kappa shape index (κ3) is 7.43. The molecule has 0 atom stereocenters. The summed E-state index contributed by atoms with van der Waals surface area (Å²) < 4.78 is 4.98. The SMILES string of the molecule is CC=NOCCOCC. The molecule has 0 amide bonds. The zero-order valence-electron chi connectivity index (χ0n) is 5.96. The summed E-state index contributed by atoms with van der Waals surface area (Å²) in [6.07, 6.45) is 1.60. The predicted molar refractivity (Wildman–Crippen MR) is 36.6 cm³/mol. The third-order valence-corrected chi connectivity index (χ3v) is 0.703. The van der Waals surface area contributed by atoms with Gasteiger partial charge in [-0.2, -0.15) is 0 Å². The van der Waals surface area contributed by atoms with Crippen molar-refractivity contribution in [1.29, 1.82) is 0 Å². The van der Waals surface area contributed by atoms with Crippen molar-refractivity contribution in [3.63, 3.8) is 0 Å². The molecule has 0 N–H and O–H groups in total. The molecule has 3 heteroatoms. The van der Waals surface area contributed by atoms with Crippen LogP contribution >= 0.6 is 0 Å². The number of nitrogens with zero attached hydrogens (tertiary/aromatic N) is 1. The minimum atomic E-state index is 0.540. The van der Waals surface area contributed by atoms with Gasteiger partial charge in [-0.05, 0) is 13.8 Å². The molecule has 0 saturated heterocycles. The quantitative estimate of drug-likeness (QED) is 0.317. The lowest BCUT2D eigenvalue weighted by Crippen LogP contribution is -2.00. The van der Waals surface area contributed by atoms with Gasteiger partial charge >= 0.3 is 0 Å². The highest BCUT2D eigenvalue weighted by Crippen LogP contribution is 1.76. The average molecular weight is 131 g/mol. The molecular weight excluding hydrogens is 118 g/mol. The molecule has 0 spiro atoms. The highest BCUT2D eigenvalue weighted by atomic mass is 16.6. The van der Waals surface area contributed by atoms with Gasteiger partial charge in [-0.15, -0.1) is 0 Å². The van der Waals surface area contributed by atoms with Gasteiger partial charge in [-0.25, -0.2) is 0 Å². The van der Waals surface area contributed by atoms with E-state index in [0.717, 1.165) is 6.61 Å². The summed E-state index contributed by atoms with van der Waals surface area (Å²) in [4.78, 5) is 4.73. The van der Waals surface area contributed by atoms with Crippen molar-refractivity contribution >= 4 is 6.21 Å². The molecule has 0 aromatic rings. The van der Waals surface area contributed by atoms with E-state index in [1.54, 1.807) is 13.1 Å². The molecule has 0 aliphatic rings. The first-order chi connectivity index (χ1) is 4.41. The molecule has 54 valence electrons. The Morgan fingerprint density at radius 2 is 2.22 bits per heavy atom. The summed E-state index contributed by atoms with van der Waals surface area (Å²) in [5.41, 5.74) is 0. The summed E-state index contributed by atoms with van der Waals surface area (Å²) in [5, 5.41) is 3.54. The predicted octanol–water partition coefficient (Wildman–Crippen LogP) is 1.05. The Kier molecular flexibility index (Phi) is 6.96. The van der Waals surface area contributed by atoms with E-state index in [1.165, 1.54) is 0 Å². The maximum Gasteiger partial charge on any atom is 0.140 e. The molecule has 0 aliphatic heterocycles. The molecule has 0 heterocycles. The second kappa shape index (κ2) is 7.43. The van der Waals surface area contributed by atoms with Crippen LogP contribution in [0.25, 0.3) is 0 Å². The normalized spacial score (nSPS) is 10.4. The van der Waals surface area contributed by atoms with Crippen LogP contribution < -0.4 is 0 Å². The number of oxime groups is 1. The largest absolute Gasteiger partial charge is 0.394 e. The summed E-state index contributed by atoms with van der Waals surface area (Å²) >= 11 is 0. The first-order valence-corrected chi connectivity index (χ1v) is 3.09. The van der Waals surface area contributed by atoms with Crippen LogP contribution in [0.1, 0.15) is 13.8 Å². The highest BCUT2D eigenvalue weighted by molar-refractivity contribution is 5.52. The summed E-state index contributed by atoms with van der Waals surface area (Å²) in [6.45, 7) is 5.65. The Labute approximate surface area is 55.6 Å². The number of hydrogen-bond donors (Lipinski definition) is 0. The lowest BCUT2D eigenvalue weighted by atomic mass is 10.7. The zero-order chi connectivity index (χ0) is 6.95. The van der Waals surface area contributed by atoms with Crippen molar-refractivity contribution in [2.75, 3.05) is 19.8 Å². The second-order valence-corrected chi connectivity index (χ2v) is 1.39. The van der Waals surface area contributed by atoms with Crippen molar-refractivity contribution in [3.05, 3.63) is 0 Å². The molecule has 0 radical (unpaired) electrons. The smallest absolute Gasteiger partial charge is 0.140 e. The molecule has 0 fully saturated rings. The van der Waals surface area contributed by atoms with Gasteiger partial charge in [0.05, 0.1) is 6.61 Å². The maximum atomic E-state index is 4.98. The molecule has 0 aliphatic carbocycles. The molecule has 0 aromatic heterocycles. The fraction of sp³-hybridized carbons (Fsp3) is 0.833. The molecular formula is C6H13NO2. The van der Waals surface area contributed by atoms with Gasteiger partial charge in [0.2, 0.25) is 0 Å². The third-order valence-electron chi connectivity index (χ3n) is 0.703. The lowest BCUT2D eigenvalue weighted by molar-refractivity contribution is 0.0567. The molecule has 0 unspecified atom stereocenters. The molecule has 0 rings (SSSR count). The van der Waals surface area contributed by atoms with E-state index in [1.807, 2.05) is 6.92 Å². The standard InChI is InChI=1S/C6H13NO2/c1-3-7-9-6-5-8-4-2/h3H,4-6H2,1-2H3. The van der Waals surface area contributed by atoms with Crippen molar-refractivity contribution in [2.24, 2.45) is 5.16 Å². The molecule has 0 bridgehead atoms. The maximum absolute atomic E-state index is 4.98. The summed E-state index contributed by atoms with van der Waals surface area (Å²) in [5.74, 6) is 0. The Hall–Kier alpha value is -0.570. The minimum absolute atomic E-state index is 0.540. The zero-order valence-corrected chi connectivity index (χ0v) is 5.96.